The van der Waals surface area contributed by atoms with Crippen LogP contribution in [0.3, 0.4) is 0 Å². The van der Waals surface area contributed by atoms with E-state index in [-0.39, 0.29) is 11.3 Å². The normalized spacial score (nSPS) is 11.8. The van der Waals surface area contributed by atoms with Crippen molar-refractivity contribution in [3.63, 3.8) is 0 Å². The second-order valence-corrected chi connectivity index (χ2v) is 12.2. The Morgan fingerprint density at radius 3 is 1.61 bits per heavy atom. The van der Waals surface area contributed by atoms with Crippen molar-refractivity contribution < 1.29 is 9.90 Å². The van der Waals surface area contributed by atoms with Gasteiger partial charge in [-0.3, -0.25) is 4.79 Å². The van der Waals surface area contributed by atoms with Crippen molar-refractivity contribution in [3.8, 4) is 5.75 Å². The summed E-state index contributed by atoms with van der Waals surface area (Å²) in [7, 11) is 1.92. The van der Waals surface area contributed by atoms with Gasteiger partial charge in [0.05, 0.1) is 6.42 Å². The van der Waals surface area contributed by atoms with Crippen LogP contribution in [0.15, 0.2) is 6.07 Å². The van der Waals surface area contributed by atoms with Crippen molar-refractivity contribution in [2.75, 3.05) is 13.6 Å². The van der Waals surface area contributed by atoms with Crippen molar-refractivity contribution in [1.82, 2.24) is 4.90 Å². The van der Waals surface area contributed by atoms with E-state index in [4.69, 9.17) is 0 Å². The number of unbranched alkanes of at least 4 members (excludes halogenated alkanes) is 15. The highest BCUT2D eigenvalue weighted by Crippen LogP contribution is 2.36. The minimum absolute atomic E-state index is 0.119. The molecule has 0 heterocycles. The molecule has 0 radical (unpaired) electrons. The number of carbonyl (C=O) groups excluding carboxylic acids is 1. The van der Waals surface area contributed by atoms with Crippen LogP contribution in [0.5, 0.6) is 5.75 Å². The molecule has 1 aromatic rings. The molecule has 3 nitrogen and oxygen atoms in total. The van der Waals surface area contributed by atoms with Crippen molar-refractivity contribution in [2.45, 2.75) is 156 Å². The van der Waals surface area contributed by atoms with Crippen LogP contribution in [-0.4, -0.2) is 29.5 Å². The number of hydrogen-bond donors (Lipinski definition) is 1. The molecule has 1 rings (SSSR count). The van der Waals surface area contributed by atoms with Crippen LogP contribution in [0.1, 0.15) is 153 Å². The summed E-state index contributed by atoms with van der Waals surface area (Å²) in [5.41, 5.74) is 3.76. The Labute approximate surface area is 224 Å². The van der Waals surface area contributed by atoms with Crippen LogP contribution >= 0.6 is 0 Å². The highest BCUT2D eigenvalue weighted by Gasteiger charge is 2.23. The predicted molar refractivity (Wildman–Crippen MR) is 157 cm³/mol. The van der Waals surface area contributed by atoms with E-state index in [1.807, 2.05) is 18.9 Å². The van der Waals surface area contributed by atoms with Crippen LogP contribution < -0.4 is 0 Å². The molecule has 0 saturated carbocycles. The van der Waals surface area contributed by atoms with Gasteiger partial charge in [0.15, 0.2) is 0 Å². The molecule has 3 heteroatoms. The van der Waals surface area contributed by atoms with E-state index in [1.165, 1.54) is 96.3 Å². The van der Waals surface area contributed by atoms with Gasteiger partial charge in [-0.15, -0.1) is 0 Å². The maximum absolute atomic E-state index is 12.8. The Morgan fingerprint density at radius 2 is 1.19 bits per heavy atom. The summed E-state index contributed by atoms with van der Waals surface area (Å²) in [6.07, 6.45) is 22.2. The van der Waals surface area contributed by atoms with Crippen LogP contribution in [-0.2, 0) is 16.6 Å². The third-order valence-electron chi connectivity index (χ3n) is 7.81. The molecule has 0 spiro atoms. The Bertz CT molecular complexity index is 747. The summed E-state index contributed by atoms with van der Waals surface area (Å²) < 4.78 is 0. The fraction of sp³-hybridized carbons (Fsp3) is 0.788. The molecule has 208 valence electrons. The van der Waals surface area contributed by atoms with Gasteiger partial charge in [-0.05, 0) is 47.9 Å². The van der Waals surface area contributed by atoms with Crippen molar-refractivity contribution >= 4 is 5.91 Å². The number of carbonyl (C=O) groups is 1. The molecule has 0 saturated heterocycles. The number of likely N-dealkylation sites (N-methyl/N-ethyl adjacent to an activating group) is 1. The third kappa shape index (κ3) is 12.6. The lowest BCUT2D eigenvalue weighted by atomic mass is 9.82. The van der Waals surface area contributed by atoms with Gasteiger partial charge >= 0.3 is 0 Å². The van der Waals surface area contributed by atoms with E-state index in [1.54, 1.807) is 0 Å². The summed E-state index contributed by atoms with van der Waals surface area (Å²) in [5, 5.41) is 10.7. The second kappa shape index (κ2) is 17.9. The number of benzene rings is 1. The van der Waals surface area contributed by atoms with Crippen molar-refractivity contribution in [3.05, 3.63) is 28.3 Å². The molecule has 1 N–H and O–H groups in total. The lowest BCUT2D eigenvalue weighted by Crippen LogP contribution is -2.29. The molecule has 0 aromatic heterocycles. The minimum atomic E-state index is -0.119. The van der Waals surface area contributed by atoms with E-state index < -0.39 is 0 Å². The molecule has 1 aromatic carbocycles. The molecule has 0 aliphatic rings. The number of nitrogens with zero attached hydrogens (tertiary/aromatic N) is 1. The fourth-order valence-electron chi connectivity index (χ4n) is 5.16. The van der Waals surface area contributed by atoms with Gasteiger partial charge in [0.1, 0.15) is 5.75 Å². The Morgan fingerprint density at radius 1 is 0.778 bits per heavy atom. The van der Waals surface area contributed by atoms with Gasteiger partial charge in [-0.25, -0.2) is 0 Å². The van der Waals surface area contributed by atoms with Gasteiger partial charge in [0, 0.05) is 13.6 Å². The molecule has 0 fully saturated rings. The zero-order valence-corrected chi connectivity index (χ0v) is 25.1. The first-order valence-corrected chi connectivity index (χ1v) is 15.2. The van der Waals surface area contributed by atoms with E-state index in [2.05, 4.69) is 40.7 Å². The summed E-state index contributed by atoms with van der Waals surface area (Å²) in [6.45, 7) is 13.4. The van der Waals surface area contributed by atoms with Crippen molar-refractivity contribution in [2.24, 2.45) is 0 Å². The number of phenols is 1. The molecule has 0 aliphatic carbocycles. The number of hydrogen-bond acceptors (Lipinski definition) is 2. The van der Waals surface area contributed by atoms with E-state index in [0.29, 0.717) is 12.2 Å². The SMILES string of the molecule is CCCCCCCCCCCCCCCCCCN(C)C(=O)Cc1c(C)cc(C(C)(C)C)c(O)c1C. The maximum Gasteiger partial charge on any atom is 0.226 e. The molecule has 0 atom stereocenters. The summed E-state index contributed by atoms with van der Waals surface area (Å²) in [4.78, 5) is 14.7. The summed E-state index contributed by atoms with van der Waals surface area (Å²) in [5.74, 6) is 0.487. The highest BCUT2D eigenvalue weighted by molar-refractivity contribution is 5.79. The summed E-state index contributed by atoms with van der Waals surface area (Å²) in [6, 6.07) is 2.06. The average molecular weight is 502 g/mol. The lowest BCUT2D eigenvalue weighted by molar-refractivity contribution is -0.129. The van der Waals surface area contributed by atoms with Gasteiger partial charge < -0.3 is 10.0 Å². The molecule has 1 amide bonds. The molecular weight excluding hydrogens is 442 g/mol. The topological polar surface area (TPSA) is 40.5 Å². The number of amides is 1. The number of aryl methyl sites for hydroxylation is 1. The van der Waals surface area contributed by atoms with Gasteiger partial charge in [-0.1, -0.05) is 130 Å². The van der Waals surface area contributed by atoms with Gasteiger partial charge in [0.25, 0.3) is 0 Å². The number of phenolic OH excluding ortho intramolecular Hbond substituents is 1. The van der Waals surface area contributed by atoms with Crippen LogP contribution in [0.25, 0.3) is 0 Å². The maximum atomic E-state index is 12.8. The van der Waals surface area contributed by atoms with Gasteiger partial charge in [0.2, 0.25) is 5.91 Å². The zero-order valence-electron chi connectivity index (χ0n) is 25.1. The van der Waals surface area contributed by atoms with E-state index in [9.17, 15) is 9.90 Å². The molecule has 36 heavy (non-hydrogen) atoms. The Kier molecular flexibility index (Phi) is 16.1. The predicted octanol–water partition coefficient (Wildman–Crippen LogP) is 9.57. The van der Waals surface area contributed by atoms with E-state index >= 15 is 0 Å². The lowest BCUT2D eigenvalue weighted by Gasteiger charge is -2.25. The zero-order chi connectivity index (χ0) is 27.0. The first-order chi connectivity index (χ1) is 17.1. The monoisotopic (exact) mass is 501 g/mol. The second-order valence-electron chi connectivity index (χ2n) is 12.2. The van der Waals surface area contributed by atoms with Crippen LogP contribution in [0.2, 0.25) is 0 Å². The molecule has 0 aliphatic heterocycles. The summed E-state index contributed by atoms with van der Waals surface area (Å²) >= 11 is 0. The fourth-order valence-corrected chi connectivity index (χ4v) is 5.16. The Hall–Kier alpha value is -1.51. The minimum Gasteiger partial charge on any atom is -0.507 e. The van der Waals surface area contributed by atoms with Gasteiger partial charge in [-0.2, -0.15) is 0 Å². The Balaban J connectivity index is 2.14. The highest BCUT2D eigenvalue weighted by atomic mass is 16.3. The molecular formula is C33H59NO2. The largest absolute Gasteiger partial charge is 0.507 e. The standard InChI is InChI=1S/C33H59NO2/c1-8-9-10-11-12-13-14-15-16-17-18-19-20-21-22-23-24-34(7)31(35)26-29-27(2)25-30(33(4,5)6)32(36)28(29)3/h25,36H,8-24,26H2,1-7H3. The average Bonchev–Trinajstić information content (AvgIpc) is 2.82. The quantitative estimate of drug-likeness (QED) is 0.192. The van der Waals surface area contributed by atoms with E-state index in [0.717, 1.165) is 35.2 Å². The van der Waals surface area contributed by atoms with Crippen LogP contribution in [0.4, 0.5) is 0 Å². The first-order valence-electron chi connectivity index (χ1n) is 15.2. The van der Waals surface area contributed by atoms with Crippen molar-refractivity contribution in [1.29, 1.82) is 0 Å². The smallest absolute Gasteiger partial charge is 0.226 e. The number of aromatic hydroxyl groups is 1. The third-order valence-corrected chi connectivity index (χ3v) is 7.81. The molecule has 0 bridgehead atoms. The number of rotatable bonds is 19. The van der Waals surface area contributed by atoms with Crippen LogP contribution in [0, 0.1) is 13.8 Å². The molecule has 0 unspecified atom stereocenters. The first kappa shape index (κ1) is 32.5.